The number of carbonyl (C=O) groups excluding carboxylic acids is 1. The van der Waals surface area contributed by atoms with Crippen LogP contribution in [0, 0.1) is 11.3 Å². The van der Waals surface area contributed by atoms with Gasteiger partial charge >= 0.3 is 0 Å². The number of nitrogens with zero attached hydrogens (tertiary/aromatic N) is 1. The van der Waals surface area contributed by atoms with E-state index in [-0.39, 0.29) is 12.5 Å². The number of halogens is 1. The van der Waals surface area contributed by atoms with E-state index < -0.39 is 0 Å². The SMILES string of the molecule is COc1cc(C#N)ccc1OCC(=O)Nc1ccccc1Cl. The fourth-order valence-electron chi connectivity index (χ4n) is 1.75. The summed E-state index contributed by atoms with van der Waals surface area (Å²) >= 11 is 5.96. The maximum Gasteiger partial charge on any atom is 0.262 e. The van der Waals surface area contributed by atoms with Crippen LogP contribution in [-0.4, -0.2) is 19.6 Å². The lowest BCUT2D eigenvalue weighted by Gasteiger charge is -2.11. The van der Waals surface area contributed by atoms with Crippen LogP contribution in [0.4, 0.5) is 5.69 Å². The number of para-hydroxylation sites is 1. The van der Waals surface area contributed by atoms with Crippen LogP contribution in [0.2, 0.25) is 5.02 Å². The second kappa shape index (κ2) is 7.34. The van der Waals surface area contributed by atoms with Crippen molar-refractivity contribution in [3.8, 4) is 17.6 Å². The molecule has 0 heterocycles. The molecule has 22 heavy (non-hydrogen) atoms. The third-order valence-electron chi connectivity index (χ3n) is 2.80. The van der Waals surface area contributed by atoms with E-state index in [0.29, 0.717) is 27.8 Å². The summed E-state index contributed by atoms with van der Waals surface area (Å²) in [6.07, 6.45) is 0. The molecule has 6 heteroatoms. The summed E-state index contributed by atoms with van der Waals surface area (Å²) < 4.78 is 10.5. The summed E-state index contributed by atoms with van der Waals surface area (Å²) in [5, 5.41) is 11.9. The Labute approximate surface area is 133 Å². The first-order valence-corrected chi connectivity index (χ1v) is 6.77. The van der Waals surface area contributed by atoms with Crippen LogP contribution in [0.3, 0.4) is 0 Å². The number of methoxy groups -OCH3 is 1. The van der Waals surface area contributed by atoms with E-state index >= 15 is 0 Å². The summed E-state index contributed by atoms with van der Waals surface area (Å²) in [7, 11) is 1.47. The zero-order valence-electron chi connectivity index (χ0n) is 11.8. The molecule has 0 saturated heterocycles. The molecule has 0 aliphatic carbocycles. The van der Waals surface area contributed by atoms with E-state index in [1.54, 1.807) is 42.5 Å². The number of nitrogens with one attached hydrogen (secondary N) is 1. The van der Waals surface area contributed by atoms with E-state index in [1.165, 1.54) is 7.11 Å². The summed E-state index contributed by atoms with van der Waals surface area (Å²) in [6.45, 7) is -0.201. The molecule has 1 N–H and O–H groups in total. The van der Waals surface area contributed by atoms with Gasteiger partial charge in [-0.05, 0) is 24.3 Å². The molecule has 0 saturated carbocycles. The Morgan fingerprint density at radius 2 is 2.05 bits per heavy atom. The van der Waals surface area contributed by atoms with Gasteiger partial charge in [0, 0.05) is 6.07 Å². The van der Waals surface area contributed by atoms with Gasteiger partial charge in [0.2, 0.25) is 0 Å². The molecular weight excluding hydrogens is 304 g/mol. The van der Waals surface area contributed by atoms with Crippen molar-refractivity contribution in [1.29, 1.82) is 5.26 Å². The Balaban J connectivity index is 2.00. The molecule has 0 aliphatic rings. The Morgan fingerprint density at radius 3 is 2.73 bits per heavy atom. The van der Waals surface area contributed by atoms with Crippen LogP contribution >= 0.6 is 11.6 Å². The van der Waals surface area contributed by atoms with Gasteiger partial charge in [0.1, 0.15) is 0 Å². The van der Waals surface area contributed by atoms with Crippen molar-refractivity contribution >= 4 is 23.2 Å². The lowest BCUT2D eigenvalue weighted by Crippen LogP contribution is -2.20. The largest absolute Gasteiger partial charge is 0.493 e. The van der Waals surface area contributed by atoms with Crippen molar-refractivity contribution < 1.29 is 14.3 Å². The fourth-order valence-corrected chi connectivity index (χ4v) is 1.93. The molecule has 5 nitrogen and oxygen atoms in total. The second-order valence-electron chi connectivity index (χ2n) is 4.29. The number of hydrogen-bond donors (Lipinski definition) is 1. The van der Waals surface area contributed by atoms with Gasteiger partial charge in [0.15, 0.2) is 18.1 Å². The highest BCUT2D eigenvalue weighted by atomic mass is 35.5. The van der Waals surface area contributed by atoms with Crippen LogP contribution in [0.1, 0.15) is 5.56 Å². The van der Waals surface area contributed by atoms with Crippen molar-refractivity contribution in [3.05, 3.63) is 53.1 Å². The number of carbonyl (C=O) groups is 1. The zero-order chi connectivity index (χ0) is 15.9. The van der Waals surface area contributed by atoms with Crippen molar-refractivity contribution in [3.63, 3.8) is 0 Å². The third-order valence-corrected chi connectivity index (χ3v) is 3.13. The van der Waals surface area contributed by atoms with E-state index in [1.807, 2.05) is 6.07 Å². The predicted octanol–water partition coefficient (Wildman–Crippen LogP) is 3.24. The highest BCUT2D eigenvalue weighted by Crippen LogP contribution is 2.28. The molecule has 0 radical (unpaired) electrons. The topological polar surface area (TPSA) is 71.3 Å². The first kappa shape index (κ1) is 15.7. The molecule has 0 bridgehead atoms. The van der Waals surface area contributed by atoms with Gasteiger partial charge in [-0.2, -0.15) is 5.26 Å². The standard InChI is InChI=1S/C16H13ClN2O3/c1-21-15-8-11(9-18)6-7-14(15)22-10-16(20)19-13-5-3-2-4-12(13)17/h2-8H,10H2,1H3,(H,19,20). The van der Waals surface area contributed by atoms with Crippen LogP contribution in [0.25, 0.3) is 0 Å². The number of anilines is 1. The Bertz CT molecular complexity index is 726. The van der Waals surface area contributed by atoms with Gasteiger partial charge in [0.05, 0.1) is 29.5 Å². The van der Waals surface area contributed by atoms with Crippen LogP contribution < -0.4 is 14.8 Å². The zero-order valence-corrected chi connectivity index (χ0v) is 12.6. The monoisotopic (exact) mass is 316 g/mol. The van der Waals surface area contributed by atoms with Gasteiger partial charge < -0.3 is 14.8 Å². The van der Waals surface area contributed by atoms with E-state index in [4.69, 9.17) is 26.3 Å². The van der Waals surface area contributed by atoms with E-state index in [2.05, 4.69) is 5.32 Å². The summed E-state index contributed by atoms with van der Waals surface area (Å²) in [4.78, 5) is 11.9. The maximum atomic E-state index is 11.9. The molecule has 0 unspecified atom stereocenters. The number of amides is 1. The van der Waals surface area contributed by atoms with Gasteiger partial charge in [-0.15, -0.1) is 0 Å². The second-order valence-corrected chi connectivity index (χ2v) is 4.70. The molecule has 2 aromatic rings. The maximum absolute atomic E-state index is 11.9. The molecule has 0 spiro atoms. The Morgan fingerprint density at radius 1 is 1.27 bits per heavy atom. The Hall–Kier alpha value is -2.71. The highest BCUT2D eigenvalue weighted by molar-refractivity contribution is 6.33. The predicted molar refractivity (Wildman–Crippen MR) is 83.3 cm³/mol. The van der Waals surface area contributed by atoms with Crippen LogP contribution in [0.5, 0.6) is 11.5 Å². The van der Waals surface area contributed by atoms with Crippen molar-refractivity contribution in [2.24, 2.45) is 0 Å². The molecule has 0 aliphatic heterocycles. The van der Waals surface area contributed by atoms with Crippen LogP contribution in [-0.2, 0) is 4.79 Å². The number of nitriles is 1. The molecule has 0 aromatic heterocycles. The third kappa shape index (κ3) is 3.90. The number of rotatable bonds is 5. The van der Waals surface area contributed by atoms with Crippen molar-refractivity contribution in [2.75, 3.05) is 19.0 Å². The lowest BCUT2D eigenvalue weighted by atomic mass is 10.2. The summed E-state index contributed by atoms with van der Waals surface area (Å²) in [5.74, 6) is 0.430. The number of ether oxygens (including phenoxy) is 2. The lowest BCUT2D eigenvalue weighted by molar-refractivity contribution is -0.118. The molecular formula is C16H13ClN2O3. The van der Waals surface area contributed by atoms with Gasteiger partial charge in [-0.25, -0.2) is 0 Å². The van der Waals surface area contributed by atoms with Crippen LogP contribution in [0.15, 0.2) is 42.5 Å². The van der Waals surface area contributed by atoms with E-state index in [0.717, 1.165) is 0 Å². The number of benzene rings is 2. The van der Waals surface area contributed by atoms with Gasteiger partial charge in [0.25, 0.3) is 5.91 Å². The van der Waals surface area contributed by atoms with Crippen molar-refractivity contribution in [1.82, 2.24) is 0 Å². The molecule has 1 amide bonds. The fraction of sp³-hybridized carbons (Fsp3) is 0.125. The van der Waals surface area contributed by atoms with Gasteiger partial charge in [-0.1, -0.05) is 23.7 Å². The number of hydrogen-bond acceptors (Lipinski definition) is 4. The molecule has 2 aromatic carbocycles. The summed E-state index contributed by atoms with van der Waals surface area (Å²) in [6, 6.07) is 13.6. The van der Waals surface area contributed by atoms with Gasteiger partial charge in [-0.3, -0.25) is 4.79 Å². The quantitative estimate of drug-likeness (QED) is 0.919. The molecule has 0 fully saturated rings. The molecule has 112 valence electrons. The first-order valence-electron chi connectivity index (χ1n) is 6.39. The Kier molecular flexibility index (Phi) is 5.23. The normalized spacial score (nSPS) is 9.68. The summed E-state index contributed by atoms with van der Waals surface area (Å²) in [5.41, 5.74) is 0.967. The van der Waals surface area contributed by atoms with Crippen molar-refractivity contribution in [2.45, 2.75) is 0 Å². The molecule has 0 atom stereocenters. The average Bonchev–Trinajstić information content (AvgIpc) is 2.55. The minimum atomic E-state index is -0.348. The van der Waals surface area contributed by atoms with E-state index in [9.17, 15) is 4.79 Å². The smallest absolute Gasteiger partial charge is 0.262 e. The average molecular weight is 317 g/mol. The first-order chi connectivity index (χ1) is 10.6. The minimum absolute atomic E-state index is 0.201. The minimum Gasteiger partial charge on any atom is -0.493 e. The highest BCUT2D eigenvalue weighted by Gasteiger charge is 2.10. The molecule has 2 rings (SSSR count).